The van der Waals surface area contributed by atoms with Crippen molar-refractivity contribution in [3.63, 3.8) is 0 Å². The second kappa shape index (κ2) is 9.13. The predicted octanol–water partition coefficient (Wildman–Crippen LogP) is 2.73. The lowest BCUT2D eigenvalue weighted by Gasteiger charge is -2.34. The van der Waals surface area contributed by atoms with Crippen molar-refractivity contribution in [2.45, 2.75) is 38.3 Å². The molecule has 2 rings (SSSR count). The molecule has 120 valence electrons. The van der Waals surface area contributed by atoms with Crippen LogP contribution in [0.5, 0.6) is 11.5 Å². The summed E-state index contributed by atoms with van der Waals surface area (Å²) >= 11 is 0. The molecule has 2 unspecified atom stereocenters. The molecule has 0 aromatic heterocycles. The van der Waals surface area contributed by atoms with Gasteiger partial charge in [-0.1, -0.05) is 6.42 Å². The highest BCUT2D eigenvalue weighted by Crippen LogP contribution is 2.18. The van der Waals surface area contributed by atoms with E-state index in [1.54, 1.807) is 7.11 Å². The summed E-state index contributed by atoms with van der Waals surface area (Å²) in [7, 11) is 1.64. The molecule has 0 amide bonds. The maximum Gasteiger partial charge on any atom is 0.119 e. The van der Waals surface area contributed by atoms with Crippen molar-refractivity contribution in [1.29, 1.82) is 0 Å². The van der Waals surface area contributed by atoms with Crippen molar-refractivity contribution in [3.8, 4) is 11.5 Å². The van der Waals surface area contributed by atoms with Gasteiger partial charge in [0.2, 0.25) is 0 Å². The van der Waals surface area contributed by atoms with E-state index < -0.39 is 6.10 Å². The molecular weight excluding hydrogens is 290 g/mol. The third kappa shape index (κ3) is 5.73. The Bertz CT molecular complexity index is 399. The van der Waals surface area contributed by atoms with E-state index >= 15 is 0 Å². The smallest absolute Gasteiger partial charge is 0.119 e. The average molecular weight is 316 g/mol. The molecule has 0 aliphatic carbocycles. The summed E-state index contributed by atoms with van der Waals surface area (Å²) < 4.78 is 10.7. The fourth-order valence-corrected chi connectivity index (χ4v) is 2.62. The third-order valence-corrected chi connectivity index (χ3v) is 3.89. The number of piperidine rings is 1. The normalized spacial score (nSPS) is 20.4. The topological polar surface area (TPSA) is 41.9 Å². The molecule has 1 aromatic carbocycles. The van der Waals surface area contributed by atoms with Crippen LogP contribution >= 0.6 is 12.4 Å². The Labute approximate surface area is 133 Å². The van der Waals surface area contributed by atoms with Crippen LogP contribution in [-0.4, -0.2) is 49.0 Å². The zero-order valence-electron chi connectivity index (χ0n) is 12.8. The van der Waals surface area contributed by atoms with Gasteiger partial charge in [0.15, 0.2) is 0 Å². The molecule has 1 N–H and O–H groups in total. The third-order valence-electron chi connectivity index (χ3n) is 3.89. The Hall–Kier alpha value is -0.970. The molecule has 0 saturated carbocycles. The lowest BCUT2D eigenvalue weighted by molar-refractivity contribution is 0.0438. The highest BCUT2D eigenvalue weighted by atomic mass is 35.5. The zero-order chi connectivity index (χ0) is 14.4. The molecule has 21 heavy (non-hydrogen) atoms. The molecule has 1 aromatic rings. The van der Waals surface area contributed by atoms with Crippen molar-refractivity contribution >= 4 is 12.4 Å². The van der Waals surface area contributed by atoms with Crippen molar-refractivity contribution < 1.29 is 14.6 Å². The highest BCUT2D eigenvalue weighted by molar-refractivity contribution is 5.85. The van der Waals surface area contributed by atoms with E-state index in [-0.39, 0.29) is 12.4 Å². The van der Waals surface area contributed by atoms with Crippen molar-refractivity contribution in [1.82, 2.24) is 4.90 Å². The molecule has 2 atom stereocenters. The van der Waals surface area contributed by atoms with Crippen LogP contribution in [0.25, 0.3) is 0 Å². The Morgan fingerprint density at radius 1 is 1.24 bits per heavy atom. The molecule has 1 saturated heterocycles. The molecule has 1 aliphatic heterocycles. The van der Waals surface area contributed by atoms with E-state index in [1.807, 2.05) is 24.3 Å². The van der Waals surface area contributed by atoms with Crippen molar-refractivity contribution in [2.24, 2.45) is 0 Å². The van der Waals surface area contributed by atoms with E-state index in [4.69, 9.17) is 9.47 Å². The van der Waals surface area contributed by atoms with Crippen LogP contribution in [0.3, 0.4) is 0 Å². The van der Waals surface area contributed by atoms with Crippen LogP contribution in [0.2, 0.25) is 0 Å². The minimum Gasteiger partial charge on any atom is -0.497 e. The van der Waals surface area contributed by atoms with Gasteiger partial charge in [-0.25, -0.2) is 0 Å². The molecule has 4 nitrogen and oxygen atoms in total. The number of hydrogen-bond acceptors (Lipinski definition) is 4. The first-order chi connectivity index (χ1) is 9.69. The monoisotopic (exact) mass is 315 g/mol. The lowest BCUT2D eigenvalue weighted by Crippen LogP contribution is -2.43. The van der Waals surface area contributed by atoms with Gasteiger partial charge in [-0.15, -0.1) is 12.4 Å². The van der Waals surface area contributed by atoms with Crippen LogP contribution in [0.4, 0.5) is 0 Å². The van der Waals surface area contributed by atoms with Crippen LogP contribution in [-0.2, 0) is 0 Å². The number of β-amino-alcohol motifs (C(OH)–C–C–N with tert-alkyl or cyclic N) is 1. The van der Waals surface area contributed by atoms with Gasteiger partial charge in [-0.2, -0.15) is 0 Å². The largest absolute Gasteiger partial charge is 0.497 e. The maximum absolute atomic E-state index is 10.1. The number of halogens is 1. The minimum atomic E-state index is -0.447. The number of likely N-dealkylation sites (tertiary alicyclic amines) is 1. The number of ether oxygens (including phenoxy) is 2. The van der Waals surface area contributed by atoms with E-state index in [0.717, 1.165) is 18.0 Å². The van der Waals surface area contributed by atoms with Gasteiger partial charge >= 0.3 is 0 Å². The second-order valence-corrected chi connectivity index (χ2v) is 5.48. The fraction of sp³-hybridized carbons (Fsp3) is 0.625. The van der Waals surface area contributed by atoms with E-state index in [2.05, 4.69) is 11.8 Å². The van der Waals surface area contributed by atoms with Gasteiger partial charge in [0.25, 0.3) is 0 Å². The van der Waals surface area contributed by atoms with Gasteiger partial charge < -0.3 is 14.6 Å². The SMILES string of the molecule is COc1ccc(OCC(O)CN2CCCCC2C)cc1.Cl. The van der Waals surface area contributed by atoms with Crippen molar-refractivity contribution in [2.75, 3.05) is 26.8 Å². The zero-order valence-corrected chi connectivity index (χ0v) is 13.6. The molecule has 1 aliphatic rings. The summed E-state index contributed by atoms with van der Waals surface area (Å²) in [5.41, 5.74) is 0. The highest BCUT2D eigenvalue weighted by Gasteiger charge is 2.20. The van der Waals surface area contributed by atoms with Gasteiger partial charge in [-0.3, -0.25) is 4.90 Å². The van der Waals surface area contributed by atoms with Gasteiger partial charge in [0.05, 0.1) is 7.11 Å². The number of methoxy groups -OCH3 is 1. The van der Waals surface area contributed by atoms with Gasteiger partial charge in [0, 0.05) is 12.6 Å². The quantitative estimate of drug-likeness (QED) is 0.876. The summed E-state index contributed by atoms with van der Waals surface area (Å²) in [6.45, 7) is 4.34. The average Bonchev–Trinajstić information content (AvgIpc) is 2.48. The van der Waals surface area contributed by atoms with Gasteiger partial charge in [0.1, 0.15) is 24.2 Å². The first-order valence-corrected chi connectivity index (χ1v) is 7.38. The summed E-state index contributed by atoms with van der Waals surface area (Å²) in [5, 5.41) is 10.1. The molecule has 0 radical (unpaired) electrons. The summed E-state index contributed by atoms with van der Waals surface area (Å²) in [6, 6.07) is 7.99. The number of nitrogens with zero attached hydrogens (tertiary/aromatic N) is 1. The first-order valence-electron chi connectivity index (χ1n) is 7.38. The number of hydrogen-bond donors (Lipinski definition) is 1. The molecule has 1 fully saturated rings. The second-order valence-electron chi connectivity index (χ2n) is 5.48. The molecular formula is C16H26ClNO3. The Morgan fingerprint density at radius 2 is 1.90 bits per heavy atom. The van der Waals surface area contributed by atoms with E-state index in [9.17, 15) is 5.11 Å². The summed E-state index contributed by atoms with van der Waals surface area (Å²) in [6.07, 6.45) is 3.32. The number of benzene rings is 1. The van der Waals surface area contributed by atoms with Gasteiger partial charge in [-0.05, 0) is 50.6 Å². The molecule has 0 spiro atoms. The number of aliphatic hydroxyl groups excluding tert-OH is 1. The summed E-state index contributed by atoms with van der Waals surface area (Å²) in [5.74, 6) is 1.57. The number of rotatable bonds is 6. The van der Waals surface area contributed by atoms with Crippen molar-refractivity contribution in [3.05, 3.63) is 24.3 Å². The van der Waals surface area contributed by atoms with Crippen LogP contribution in [0, 0.1) is 0 Å². The summed E-state index contributed by atoms with van der Waals surface area (Å²) in [4.78, 5) is 2.35. The minimum absolute atomic E-state index is 0. The molecule has 0 bridgehead atoms. The molecule has 5 heteroatoms. The maximum atomic E-state index is 10.1. The fourth-order valence-electron chi connectivity index (χ4n) is 2.62. The Kier molecular flexibility index (Phi) is 7.86. The lowest BCUT2D eigenvalue weighted by atomic mass is 10.0. The van der Waals surface area contributed by atoms with E-state index in [1.165, 1.54) is 19.3 Å². The van der Waals surface area contributed by atoms with E-state index in [0.29, 0.717) is 19.2 Å². The van der Waals surface area contributed by atoms with Crippen LogP contribution < -0.4 is 9.47 Å². The Morgan fingerprint density at radius 3 is 2.52 bits per heavy atom. The standard InChI is InChI=1S/C16H25NO3.ClH/c1-13-5-3-4-10-17(13)11-14(18)12-20-16-8-6-15(19-2)7-9-16;/h6-9,13-14,18H,3-5,10-12H2,1-2H3;1H. The Balaban J connectivity index is 0.00000220. The first kappa shape index (κ1) is 18.1. The van der Waals surface area contributed by atoms with Crippen LogP contribution in [0.1, 0.15) is 26.2 Å². The molecule has 1 heterocycles. The predicted molar refractivity (Wildman–Crippen MR) is 86.6 cm³/mol. The number of aliphatic hydroxyl groups is 1. The van der Waals surface area contributed by atoms with Crippen LogP contribution in [0.15, 0.2) is 24.3 Å².